The summed E-state index contributed by atoms with van der Waals surface area (Å²) in [6, 6.07) is 10.8. The van der Waals surface area contributed by atoms with Crippen LogP contribution in [0.2, 0.25) is 5.21 Å². The molecule has 1 unspecified atom stereocenters. The second-order valence-corrected chi connectivity index (χ2v) is 10.4. The van der Waals surface area contributed by atoms with Crippen LogP contribution in [0.15, 0.2) is 30.3 Å². The minimum absolute atomic E-state index is 0.812. The third-order valence-corrected chi connectivity index (χ3v) is 8.99. The van der Waals surface area contributed by atoms with Crippen molar-refractivity contribution in [2.45, 2.75) is 18.6 Å². The molecule has 1 aromatic rings. The predicted octanol–water partition coefficient (Wildman–Crippen LogP) is 2.69. The fourth-order valence-electron chi connectivity index (χ4n) is 0.915. The first-order valence-electron chi connectivity index (χ1n) is 3.83. The second kappa shape index (κ2) is 5.00. The summed E-state index contributed by atoms with van der Waals surface area (Å²) in [6.07, 6.45) is 1.29. The van der Waals surface area contributed by atoms with E-state index in [-0.39, 0.29) is 0 Å². The topological polar surface area (TPSA) is 0 Å². The van der Waals surface area contributed by atoms with Gasteiger partial charge in [0.05, 0.1) is 0 Å². The average molecular weight is 275 g/mol. The summed E-state index contributed by atoms with van der Waals surface area (Å²) in [5.74, 6) is 0. The summed E-state index contributed by atoms with van der Waals surface area (Å²) >= 11 is 2.98. The van der Waals surface area contributed by atoms with Crippen LogP contribution in [0.3, 0.4) is 0 Å². The van der Waals surface area contributed by atoms with E-state index < -0.39 is 12.8 Å². The van der Waals surface area contributed by atoms with Crippen LogP contribution in [-0.2, 0) is 0 Å². The third-order valence-electron chi connectivity index (χ3n) is 1.46. The SMILES string of the molecule is CCC[As](Br)c1ccccc1. The van der Waals surface area contributed by atoms with Crippen molar-refractivity contribution in [3.05, 3.63) is 30.3 Å². The van der Waals surface area contributed by atoms with Crippen LogP contribution < -0.4 is 4.35 Å². The number of benzene rings is 1. The second-order valence-electron chi connectivity index (χ2n) is 2.42. The molecule has 1 atom stereocenters. The van der Waals surface area contributed by atoms with Crippen molar-refractivity contribution < 1.29 is 0 Å². The molecule has 0 saturated carbocycles. The fourth-order valence-corrected chi connectivity index (χ4v) is 6.39. The first-order valence-corrected chi connectivity index (χ1v) is 10.5. The molecule has 0 aromatic heterocycles. The van der Waals surface area contributed by atoms with E-state index in [0.717, 1.165) is 0 Å². The summed E-state index contributed by atoms with van der Waals surface area (Å²) in [7, 11) is 0. The maximum atomic E-state index is 3.79. The Hall–Kier alpha value is 0.258. The number of rotatable bonds is 3. The van der Waals surface area contributed by atoms with Crippen LogP contribution in [0.1, 0.15) is 13.3 Å². The minimum atomic E-state index is -0.812. The summed E-state index contributed by atoms with van der Waals surface area (Å²) in [5.41, 5.74) is 0. The molecule has 0 N–H and O–H groups in total. The van der Waals surface area contributed by atoms with Crippen molar-refractivity contribution in [1.82, 2.24) is 0 Å². The number of hydrogen-bond donors (Lipinski definition) is 0. The van der Waals surface area contributed by atoms with Gasteiger partial charge in [-0.05, 0) is 0 Å². The fraction of sp³-hybridized carbons (Fsp3) is 0.333. The molecule has 11 heavy (non-hydrogen) atoms. The molecule has 60 valence electrons. The Kier molecular flexibility index (Phi) is 4.25. The van der Waals surface area contributed by atoms with Gasteiger partial charge in [-0.3, -0.25) is 0 Å². The zero-order valence-electron chi connectivity index (χ0n) is 6.63. The van der Waals surface area contributed by atoms with E-state index in [1.807, 2.05) is 0 Å². The van der Waals surface area contributed by atoms with E-state index in [1.54, 1.807) is 0 Å². The molecule has 0 fully saturated rings. The maximum absolute atomic E-state index is 3.79. The molecule has 0 bridgehead atoms. The molecule has 0 radical (unpaired) electrons. The van der Waals surface area contributed by atoms with E-state index >= 15 is 0 Å². The average Bonchev–Trinajstić information content (AvgIpc) is 2.07. The van der Waals surface area contributed by atoms with Crippen LogP contribution in [0.5, 0.6) is 0 Å². The van der Waals surface area contributed by atoms with E-state index in [4.69, 9.17) is 0 Å². The molecule has 0 aliphatic carbocycles. The molecule has 0 amide bonds. The van der Waals surface area contributed by atoms with Gasteiger partial charge in [0.1, 0.15) is 0 Å². The van der Waals surface area contributed by atoms with E-state index in [2.05, 4.69) is 51.2 Å². The summed E-state index contributed by atoms with van der Waals surface area (Å²) in [5, 5.41) is 1.36. The molecule has 0 saturated heterocycles. The van der Waals surface area contributed by atoms with Crippen molar-refractivity contribution in [2.24, 2.45) is 0 Å². The van der Waals surface area contributed by atoms with Crippen LogP contribution in [0, 0.1) is 0 Å². The normalized spacial score (nSPS) is 12.9. The van der Waals surface area contributed by atoms with Crippen LogP contribution in [0.4, 0.5) is 0 Å². The molecule has 0 aliphatic rings. The van der Waals surface area contributed by atoms with Crippen molar-refractivity contribution in [2.75, 3.05) is 0 Å². The molecular formula is C9H12AsBr. The van der Waals surface area contributed by atoms with Gasteiger partial charge < -0.3 is 0 Å². The van der Waals surface area contributed by atoms with Gasteiger partial charge in [0.15, 0.2) is 0 Å². The molecule has 0 aliphatic heterocycles. The van der Waals surface area contributed by atoms with Crippen LogP contribution in [-0.4, -0.2) is 12.8 Å². The zero-order valence-corrected chi connectivity index (χ0v) is 10.1. The number of hydrogen-bond acceptors (Lipinski definition) is 0. The van der Waals surface area contributed by atoms with Gasteiger partial charge in [-0.1, -0.05) is 0 Å². The van der Waals surface area contributed by atoms with Crippen molar-refractivity contribution in [1.29, 1.82) is 0 Å². The zero-order chi connectivity index (χ0) is 8.10. The van der Waals surface area contributed by atoms with Crippen molar-refractivity contribution >= 4 is 31.1 Å². The Morgan fingerprint density at radius 3 is 2.45 bits per heavy atom. The van der Waals surface area contributed by atoms with Gasteiger partial charge in [-0.25, -0.2) is 0 Å². The van der Waals surface area contributed by atoms with Gasteiger partial charge in [-0.15, -0.1) is 0 Å². The molecule has 1 aromatic carbocycles. The number of halogens is 1. The first-order chi connectivity index (χ1) is 5.34. The van der Waals surface area contributed by atoms with E-state index in [1.165, 1.54) is 16.0 Å². The summed E-state index contributed by atoms with van der Waals surface area (Å²) in [4.78, 5) is 0. The first kappa shape index (κ1) is 9.35. The van der Waals surface area contributed by atoms with Gasteiger partial charge in [0.2, 0.25) is 0 Å². The van der Waals surface area contributed by atoms with E-state index in [9.17, 15) is 0 Å². The summed E-state index contributed by atoms with van der Waals surface area (Å²) in [6.45, 7) is 2.24. The Morgan fingerprint density at radius 2 is 1.91 bits per heavy atom. The molecule has 0 nitrogen and oxygen atoms in total. The van der Waals surface area contributed by atoms with Crippen molar-refractivity contribution in [3.8, 4) is 0 Å². The Bertz CT molecular complexity index is 198. The molecule has 2 heteroatoms. The van der Waals surface area contributed by atoms with Crippen molar-refractivity contribution in [3.63, 3.8) is 0 Å². The predicted molar refractivity (Wildman–Crippen MR) is 55.9 cm³/mol. The molecule has 1 rings (SSSR count). The third kappa shape index (κ3) is 3.01. The molecule has 0 heterocycles. The molecule has 0 spiro atoms. The summed E-state index contributed by atoms with van der Waals surface area (Å²) < 4.78 is 1.53. The van der Waals surface area contributed by atoms with Crippen LogP contribution >= 0.6 is 13.9 Å². The Labute approximate surface area is 79.8 Å². The van der Waals surface area contributed by atoms with Gasteiger partial charge >= 0.3 is 80.0 Å². The Balaban J connectivity index is 2.61. The van der Waals surface area contributed by atoms with E-state index in [0.29, 0.717) is 0 Å². The van der Waals surface area contributed by atoms with Gasteiger partial charge in [-0.2, -0.15) is 0 Å². The monoisotopic (exact) mass is 274 g/mol. The standard InChI is InChI=1S/C9H12AsBr/c1-2-8-10(11)9-6-4-3-5-7-9/h3-7H,2,8H2,1H3. The van der Waals surface area contributed by atoms with Gasteiger partial charge in [0, 0.05) is 0 Å². The quantitative estimate of drug-likeness (QED) is 0.744. The Morgan fingerprint density at radius 1 is 1.27 bits per heavy atom. The molecular weight excluding hydrogens is 263 g/mol. The van der Waals surface area contributed by atoms with Crippen LogP contribution in [0.25, 0.3) is 0 Å². The van der Waals surface area contributed by atoms with Gasteiger partial charge in [0.25, 0.3) is 0 Å².